The highest BCUT2D eigenvalue weighted by molar-refractivity contribution is 6.30. The zero-order chi connectivity index (χ0) is 13.1. The molecule has 1 aromatic heterocycles. The SMILES string of the molecule is Cc1cc(Cl)cc(C)c1OCc1cnc(N)cn1. The van der Waals surface area contributed by atoms with E-state index in [9.17, 15) is 0 Å². The molecule has 4 nitrogen and oxygen atoms in total. The molecule has 0 unspecified atom stereocenters. The van der Waals surface area contributed by atoms with Crippen molar-refractivity contribution in [1.29, 1.82) is 0 Å². The molecule has 2 aromatic rings. The lowest BCUT2D eigenvalue weighted by Gasteiger charge is -2.12. The van der Waals surface area contributed by atoms with Crippen LogP contribution in [-0.4, -0.2) is 9.97 Å². The molecule has 0 saturated carbocycles. The van der Waals surface area contributed by atoms with Crippen molar-refractivity contribution in [3.05, 3.63) is 46.4 Å². The highest BCUT2D eigenvalue weighted by atomic mass is 35.5. The van der Waals surface area contributed by atoms with Crippen LogP contribution in [-0.2, 0) is 6.61 Å². The zero-order valence-corrected chi connectivity index (χ0v) is 11.0. The highest BCUT2D eigenvalue weighted by Gasteiger charge is 2.06. The molecule has 5 heteroatoms. The minimum atomic E-state index is 0.358. The summed E-state index contributed by atoms with van der Waals surface area (Å²) in [5, 5.41) is 0.713. The molecule has 0 atom stereocenters. The number of aromatic nitrogens is 2. The predicted molar refractivity (Wildman–Crippen MR) is 71.7 cm³/mol. The van der Waals surface area contributed by atoms with Crippen LogP contribution in [0.4, 0.5) is 5.82 Å². The van der Waals surface area contributed by atoms with E-state index in [1.807, 2.05) is 26.0 Å². The van der Waals surface area contributed by atoms with Crippen molar-refractivity contribution in [2.24, 2.45) is 0 Å². The van der Waals surface area contributed by atoms with Crippen LogP contribution in [0.25, 0.3) is 0 Å². The number of rotatable bonds is 3. The van der Waals surface area contributed by atoms with E-state index in [1.54, 1.807) is 6.20 Å². The molecule has 0 bridgehead atoms. The highest BCUT2D eigenvalue weighted by Crippen LogP contribution is 2.27. The number of nitrogens with zero attached hydrogens (tertiary/aromatic N) is 2. The third-order valence-electron chi connectivity index (χ3n) is 2.51. The van der Waals surface area contributed by atoms with Gasteiger partial charge in [0.05, 0.1) is 18.1 Å². The van der Waals surface area contributed by atoms with Crippen LogP contribution < -0.4 is 10.5 Å². The van der Waals surface area contributed by atoms with E-state index in [4.69, 9.17) is 22.1 Å². The third-order valence-corrected chi connectivity index (χ3v) is 2.73. The number of nitrogen functional groups attached to an aromatic ring is 1. The Balaban J connectivity index is 2.13. The maximum atomic E-state index is 5.97. The normalized spacial score (nSPS) is 10.4. The van der Waals surface area contributed by atoms with Gasteiger partial charge in [0.15, 0.2) is 0 Å². The van der Waals surface area contributed by atoms with Crippen molar-refractivity contribution >= 4 is 17.4 Å². The Bertz CT molecular complexity index is 532. The number of halogens is 1. The standard InChI is InChI=1S/C13H14ClN3O/c1-8-3-10(14)4-9(2)13(8)18-7-11-5-17-12(15)6-16-11/h3-6H,7H2,1-2H3,(H2,15,17). The summed E-state index contributed by atoms with van der Waals surface area (Å²) in [6.07, 6.45) is 3.12. The number of benzene rings is 1. The first-order valence-electron chi connectivity index (χ1n) is 5.52. The van der Waals surface area contributed by atoms with Crippen molar-refractivity contribution in [2.45, 2.75) is 20.5 Å². The van der Waals surface area contributed by atoms with Crippen molar-refractivity contribution in [1.82, 2.24) is 9.97 Å². The van der Waals surface area contributed by atoms with Gasteiger partial charge < -0.3 is 10.5 Å². The fourth-order valence-electron chi connectivity index (χ4n) is 1.71. The van der Waals surface area contributed by atoms with Crippen molar-refractivity contribution in [3.63, 3.8) is 0 Å². The molecule has 2 rings (SSSR count). The Hall–Kier alpha value is -1.81. The van der Waals surface area contributed by atoms with Gasteiger partial charge in [-0.3, -0.25) is 4.98 Å². The summed E-state index contributed by atoms with van der Waals surface area (Å²) in [4.78, 5) is 8.10. The topological polar surface area (TPSA) is 61.0 Å². The molecule has 1 aromatic carbocycles. The summed E-state index contributed by atoms with van der Waals surface area (Å²) < 4.78 is 5.75. The van der Waals surface area contributed by atoms with E-state index in [2.05, 4.69) is 9.97 Å². The molecule has 0 fully saturated rings. The minimum Gasteiger partial charge on any atom is -0.487 e. The van der Waals surface area contributed by atoms with Crippen LogP contribution in [0.2, 0.25) is 5.02 Å². The fraction of sp³-hybridized carbons (Fsp3) is 0.231. The van der Waals surface area contributed by atoms with Gasteiger partial charge >= 0.3 is 0 Å². The van der Waals surface area contributed by atoms with Crippen molar-refractivity contribution in [2.75, 3.05) is 5.73 Å². The number of hydrogen-bond acceptors (Lipinski definition) is 4. The lowest BCUT2D eigenvalue weighted by molar-refractivity contribution is 0.296. The Morgan fingerprint density at radius 1 is 1.17 bits per heavy atom. The molecular formula is C13H14ClN3O. The molecule has 2 N–H and O–H groups in total. The second-order valence-electron chi connectivity index (χ2n) is 4.09. The monoisotopic (exact) mass is 263 g/mol. The average Bonchev–Trinajstić information content (AvgIpc) is 2.30. The maximum absolute atomic E-state index is 5.97. The van der Waals surface area contributed by atoms with Gasteiger partial charge in [-0.05, 0) is 37.1 Å². The van der Waals surface area contributed by atoms with Gasteiger partial charge in [-0.25, -0.2) is 4.98 Å². The smallest absolute Gasteiger partial charge is 0.141 e. The van der Waals surface area contributed by atoms with E-state index in [1.165, 1.54) is 6.20 Å². The summed E-state index contributed by atoms with van der Waals surface area (Å²) in [5.74, 6) is 1.23. The Kier molecular flexibility index (Phi) is 3.67. The minimum absolute atomic E-state index is 0.358. The summed E-state index contributed by atoms with van der Waals surface area (Å²) in [6, 6.07) is 3.75. The summed E-state index contributed by atoms with van der Waals surface area (Å²) >= 11 is 5.97. The van der Waals surface area contributed by atoms with Crippen molar-refractivity contribution < 1.29 is 4.74 Å². The van der Waals surface area contributed by atoms with Gasteiger partial charge in [0.25, 0.3) is 0 Å². The van der Waals surface area contributed by atoms with Gasteiger partial charge in [0.2, 0.25) is 0 Å². The molecule has 1 heterocycles. The summed E-state index contributed by atoms with van der Waals surface area (Å²) in [7, 11) is 0. The van der Waals surface area contributed by atoms with E-state index in [-0.39, 0.29) is 0 Å². The summed E-state index contributed by atoms with van der Waals surface area (Å²) in [5.41, 5.74) is 8.21. The van der Waals surface area contributed by atoms with Crippen LogP contribution in [0.5, 0.6) is 5.75 Å². The quantitative estimate of drug-likeness (QED) is 0.925. The second kappa shape index (κ2) is 5.23. The van der Waals surface area contributed by atoms with Crippen LogP contribution in [0, 0.1) is 13.8 Å². The van der Waals surface area contributed by atoms with Crippen molar-refractivity contribution in [3.8, 4) is 5.75 Å². The van der Waals surface area contributed by atoms with Gasteiger partial charge in [0, 0.05) is 5.02 Å². The second-order valence-corrected chi connectivity index (χ2v) is 4.53. The molecule has 0 amide bonds. The van der Waals surface area contributed by atoms with Gasteiger partial charge in [-0.2, -0.15) is 0 Å². The Morgan fingerprint density at radius 2 is 1.83 bits per heavy atom. The molecule has 18 heavy (non-hydrogen) atoms. The zero-order valence-electron chi connectivity index (χ0n) is 10.3. The lowest BCUT2D eigenvalue weighted by Crippen LogP contribution is -2.02. The van der Waals surface area contributed by atoms with Crippen LogP contribution >= 0.6 is 11.6 Å². The molecule has 0 aliphatic carbocycles. The third kappa shape index (κ3) is 2.90. The fourth-order valence-corrected chi connectivity index (χ4v) is 2.04. The maximum Gasteiger partial charge on any atom is 0.141 e. The molecule has 0 spiro atoms. The Labute approximate surface area is 111 Å². The van der Waals surface area contributed by atoms with E-state index in [0.717, 1.165) is 22.6 Å². The van der Waals surface area contributed by atoms with Crippen LogP contribution in [0.1, 0.15) is 16.8 Å². The number of ether oxygens (including phenoxy) is 1. The number of anilines is 1. The lowest BCUT2D eigenvalue weighted by atomic mass is 10.1. The molecule has 0 radical (unpaired) electrons. The van der Waals surface area contributed by atoms with E-state index < -0.39 is 0 Å². The first kappa shape index (κ1) is 12.6. The van der Waals surface area contributed by atoms with Crippen LogP contribution in [0.15, 0.2) is 24.5 Å². The van der Waals surface area contributed by atoms with E-state index >= 15 is 0 Å². The number of hydrogen-bond donors (Lipinski definition) is 1. The molecular weight excluding hydrogens is 250 g/mol. The molecule has 0 aliphatic heterocycles. The van der Waals surface area contributed by atoms with E-state index in [0.29, 0.717) is 17.4 Å². The average molecular weight is 264 g/mol. The molecule has 0 saturated heterocycles. The number of nitrogens with two attached hydrogens (primary N) is 1. The Morgan fingerprint density at radius 3 is 2.39 bits per heavy atom. The first-order chi connectivity index (χ1) is 8.56. The largest absolute Gasteiger partial charge is 0.487 e. The van der Waals surface area contributed by atoms with Gasteiger partial charge in [-0.15, -0.1) is 0 Å². The van der Waals surface area contributed by atoms with Gasteiger partial charge in [-0.1, -0.05) is 11.6 Å². The summed E-state index contributed by atoms with van der Waals surface area (Å²) in [6.45, 7) is 4.28. The van der Waals surface area contributed by atoms with Crippen LogP contribution in [0.3, 0.4) is 0 Å². The predicted octanol–water partition coefficient (Wildman–Crippen LogP) is 2.91. The molecule has 0 aliphatic rings. The first-order valence-corrected chi connectivity index (χ1v) is 5.90. The number of aryl methyl sites for hydroxylation is 2. The molecule has 94 valence electrons. The van der Waals surface area contributed by atoms with Gasteiger partial charge in [0.1, 0.15) is 18.2 Å².